The van der Waals surface area contributed by atoms with Gasteiger partial charge in [-0.3, -0.25) is 4.79 Å². The minimum atomic E-state index is -0.552. The number of amides is 1. The van der Waals surface area contributed by atoms with Gasteiger partial charge in [0.1, 0.15) is 18.1 Å². The zero-order chi connectivity index (χ0) is 17.5. The number of rotatable bonds is 7. The summed E-state index contributed by atoms with van der Waals surface area (Å²) in [7, 11) is 0. The number of nitrogens with one attached hydrogen (secondary N) is 1. The number of ether oxygens (including phenoxy) is 2. The van der Waals surface area contributed by atoms with Crippen molar-refractivity contribution in [2.75, 3.05) is 13.2 Å². The highest BCUT2D eigenvalue weighted by Gasteiger charge is 2.15. The fourth-order valence-electron chi connectivity index (χ4n) is 2.29. The van der Waals surface area contributed by atoms with Crippen molar-refractivity contribution >= 4 is 5.91 Å². The molecule has 1 atom stereocenters. The van der Waals surface area contributed by atoms with Crippen LogP contribution in [0.15, 0.2) is 42.5 Å². The van der Waals surface area contributed by atoms with Crippen LogP contribution in [0.1, 0.15) is 23.6 Å². The second-order valence-corrected chi connectivity index (χ2v) is 5.86. The van der Waals surface area contributed by atoms with E-state index in [1.54, 1.807) is 6.92 Å². The van der Waals surface area contributed by atoms with Gasteiger partial charge in [0.15, 0.2) is 6.10 Å². The predicted octanol–water partition coefficient (Wildman–Crippen LogP) is 3.57. The molecular weight excluding hydrogens is 302 g/mol. The molecule has 1 N–H and O–H groups in total. The van der Waals surface area contributed by atoms with Crippen LogP contribution in [-0.2, 0) is 4.79 Å². The summed E-state index contributed by atoms with van der Waals surface area (Å²) in [6, 6.07) is 13.6. The lowest BCUT2D eigenvalue weighted by Crippen LogP contribution is -2.38. The van der Waals surface area contributed by atoms with Gasteiger partial charge in [0.05, 0.1) is 6.54 Å². The number of benzene rings is 2. The maximum atomic E-state index is 12.1. The SMILES string of the molecule is Cc1ccccc1OCCNC(=O)C(C)Oc1cccc(C)c1C. The Morgan fingerprint density at radius 1 is 1.00 bits per heavy atom. The van der Waals surface area contributed by atoms with Crippen molar-refractivity contribution in [2.24, 2.45) is 0 Å². The van der Waals surface area contributed by atoms with E-state index in [0.717, 1.165) is 28.2 Å². The molecule has 0 saturated carbocycles. The Labute approximate surface area is 143 Å². The summed E-state index contributed by atoms with van der Waals surface area (Å²) in [5.74, 6) is 1.43. The molecule has 24 heavy (non-hydrogen) atoms. The third-order valence-corrected chi connectivity index (χ3v) is 3.98. The first-order chi connectivity index (χ1) is 11.5. The maximum absolute atomic E-state index is 12.1. The first-order valence-electron chi connectivity index (χ1n) is 8.18. The van der Waals surface area contributed by atoms with Gasteiger partial charge in [0.2, 0.25) is 0 Å². The van der Waals surface area contributed by atoms with Crippen molar-refractivity contribution < 1.29 is 14.3 Å². The minimum Gasteiger partial charge on any atom is -0.491 e. The van der Waals surface area contributed by atoms with Crippen LogP contribution in [-0.4, -0.2) is 25.2 Å². The Balaban J connectivity index is 1.78. The van der Waals surface area contributed by atoms with Gasteiger partial charge in [-0.2, -0.15) is 0 Å². The molecule has 0 heterocycles. The molecule has 0 aliphatic rings. The summed E-state index contributed by atoms with van der Waals surface area (Å²) < 4.78 is 11.4. The number of carbonyl (C=O) groups excluding carboxylic acids is 1. The largest absolute Gasteiger partial charge is 0.491 e. The molecule has 2 aromatic rings. The Morgan fingerprint density at radius 2 is 1.67 bits per heavy atom. The van der Waals surface area contributed by atoms with E-state index in [0.29, 0.717) is 13.2 Å². The molecule has 2 rings (SSSR count). The summed E-state index contributed by atoms with van der Waals surface area (Å²) in [4.78, 5) is 12.1. The van der Waals surface area contributed by atoms with E-state index < -0.39 is 6.10 Å². The maximum Gasteiger partial charge on any atom is 0.260 e. The monoisotopic (exact) mass is 327 g/mol. The fraction of sp³-hybridized carbons (Fsp3) is 0.350. The highest BCUT2D eigenvalue weighted by molar-refractivity contribution is 5.80. The first-order valence-corrected chi connectivity index (χ1v) is 8.18. The van der Waals surface area contributed by atoms with Gasteiger partial charge in [-0.1, -0.05) is 30.3 Å². The molecule has 0 aromatic heterocycles. The summed E-state index contributed by atoms with van der Waals surface area (Å²) in [5, 5.41) is 2.84. The lowest BCUT2D eigenvalue weighted by atomic mass is 10.1. The van der Waals surface area contributed by atoms with Crippen molar-refractivity contribution in [1.82, 2.24) is 5.32 Å². The van der Waals surface area contributed by atoms with Crippen LogP contribution in [0.5, 0.6) is 11.5 Å². The van der Waals surface area contributed by atoms with E-state index in [4.69, 9.17) is 9.47 Å². The quantitative estimate of drug-likeness (QED) is 0.791. The van der Waals surface area contributed by atoms with Gasteiger partial charge < -0.3 is 14.8 Å². The smallest absolute Gasteiger partial charge is 0.260 e. The molecule has 0 aliphatic heterocycles. The van der Waals surface area contributed by atoms with E-state index in [2.05, 4.69) is 5.32 Å². The summed E-state index contributed by atoms with van der Waals surface area (Å²) in [6.45, 7) is 8.62. The van der Waals surface area contributed by atoms with Crippen LogP contribution < -0.4 is 14.8 Å². The van der Waals surface area contributed by atoms with E-state index in [1.165, 1.54) is 0 Å². The Bertz CT molecular complexity index is 697. The number of carbonyl (C=O) groups is 1. The van der Waals surface area contributed by atoms with Crippen molar-refractivity contribution in [2.45, 2.75) is 33.8 Å². The number of hydrogen-bond donors (Lipinski definition) is 1. The third kappa shape index (κ3) is 4.75. The van der Waals surface area contributed by atoms with Gasteiger partial charge >= 0.3 is 0 Å². The average Bonchev–Trinajstić information content (AvgIpc) is 2.57. The van der Waals surface area contributed by atoms with Crippen LogP contribution in [0.25, 0.3) is 0 Å². The zero-order valence-electron chi connectivity index (χ0n) is 14.8. The highest BCUT2D eigenvalue weighted by atomic mass is 16.5. The van der Waals surface area contributed by atoms with Crippen LogP contribution in [0.3, 0.4) is 0 Å². The number of hydrogen-bond acceptors (Lipinski definition) is 3. The van der Waals surface area contributed by atoms with Crippen LogP contribution in [0.2, 0.25) is 0 Å². The molecule has 2 aromatic carbocycles. The molecule has 4 heteroatoms. The van der Waals surface area contributed by atoms with Crippen molar-refractivity contribution in [3.05, 3.63) is 59.2 Å². The molecule has 0 aliphatic carbocycles. The second kappa shape index (κ2) is 8.39. The second-order valence-electron chi connectivity index (χ2n) is 5.86. The van der Waals surface area contributed by atoms with E-state index in [9.17, 15) is 4.79 Å². The number of para-hydroxylation sites is 1. The molecule has 0 spiro atoms. The highest BCUT2D eigenvalue weighted by Crippen LogP contribution is 2.21. The van der Waals surface area contributed by atoms with E-state index in [-0.39, 0.29) is 5.91 Å². The molecular formula is C20H25NO3. The third-order valence-electron chi connectivity index (χ3n) is 3.98. The first kappa shape index (κ1) is 17.9. The topological polar surface area (TPSA) is 47.6 Å². The average molecular weight is 327 g/mol. The van der Waals surface area contributed by atoms with Crippen molar-refractivity contribution in [3.8, 4) is 11.5 Å². The standard InChI is InChI=1S/C20H25NO3/c1-14-9-7-11-19(16(14)3)24-17(4)20(22)21-12-13-23-18-10-6-5-8-15(18)2/h5-11,17H,12-13H2,1-4H3,(H,21,22). The summed E-state index contributed by atoms with van der Waals surface area (Å²) in [6.07, 6.45) is -0.552. The van der Waals surface area contributed by atoms with Crippen LogP contribution >= 0.6 is 0 Å². The van der Waals surface area contributed by atoms with Gasteiger partial charge in [-0.05, 0) is 56.5 Å². The number of aryl methyl sites for hydroxylation is 2. The lowest BCUT2D eigenvalue weighted by Gasteiger charge is -2.17. The lowest BCUT2D eigenvalue weighted by molar-refractivity contribution is -0.127. The van der Waals surface area contributed by atoms with Gasteiger partial charge in [-0.15, -0.1) is 0 Å². The molecule has 0 bridgehead atoms. The van der Waals surface area contributed by atoms with E-state index in [1.807, 2.05) is 63.2 Å². The predicted molar refractivity (Wildman–Crippen MR) is 95.7 cm³/mol. The van der Waals surface area contributed by atoms with Crippen LogP contribution in [0.4, 0.5) is 0 Å². The normalized spacial score (nSPS) is 11.7. The molecule has 4 nitrogen and oxygen atoms in total. The molecule has 1 amide bonds. The minimum absolute atomic E-state index is 0.149. The van der Waals surface area contributed by atoms with Crippen LogP contribution in [0, 0.1) is 20.8 Å². The Kier molecular flexibility index (Phi) is 6.24. The Hall–Kier alpha value is -2.49. The van der Waals surface area contributed by atoms with E-state index >= 15 is 0 Å². The molecule has 128 valence electrons. The fourth-order valence-corrected chi connectivity index (χ4v) is 2.29. The van der Waals surface area contributed by atoms with Gasteiger partial charge in [0.25, 0.3) is 5.91 Å². The zero-order valence-corrected chi connectivity index (χ0v) is 14.8. The Morgan fingerprint density at radius 3 is 2.42 bits per heavy atom. The molecule has 0 saturated heterocycles. The molecule has 0 fully saturated rings. The van der Waals surface area contributed by atoms with Crippen molar-refractivity contribution in [3.63, 3.8) is 0 Å². The molecule has 0 radical (unpaired) electrons. The van der Waals surface area contributed by atoms with Gasteiger partial charge in [-0.25, -0.2) is 0 Å². The van der Waals surface area contributed by atoms with Crippen molar-refractivity contribution in [1.29, 1.82) is 0 Å². The van der Waals surface area contributed by atoms with Gasteiger partial charge in [0, 0.05) is 0 Å². The summed E-state index contributed by atoms with van der Waals surface area (Å²) in [5.41, 5.74) is 3.28. The molecule has 1 unspecified atom stereocenters. The summed E-state index contributed by atoms with van der Waals surface area (Å²) >= 11 is 0.